The molecule has 2 rings (SSSR count). The van der Waals surface area contributed by atoms with Crippen molar-refractivity contribution in [2.75, 3.05) is 21.3 Å². The highest BCUT2D eigenvalue weighted by atomic mass is 32.2. The third kappa shape index (κ3) is 3.50. The van der Waals surface area contributed by atoms with E-state index in [1.54, 1.807) is 37.4 Å². The number of hydrogen-bond donors (Lipinski definition) is 0. The first kappa shape index (κ1) is 17.8. The number of ether oxygens (including phenoxy) is 2. The summed E-state index contributed by atoms with van der Waals surface area (Å²) in [7, 11) is 0.726. The topological polar surface area (TPSA) is 79.6 Å². The van der Waals surface area contributed by atoms with E-state index in [9.17, 15) is 8.42 Å². The maximum atomic E-state index is 12.7. The SMILES string of the molecule is COc1ccc(CN(C)S(=O)(=O)c2ccccc2C#N)c(OC)c1. The predicted molar refractivity (Wildman–Crippen MR) is 89.4 cm³/mol. The molecule has 0 saturated carbocycles. The summed E-state index contributed by atoms with van der Waals surface area (Å²) in [5.74, 6) is 1.15. The van der Waals surface area contributed by atoms with E-state index in [4.69, 9.17) is 14.7 Å². The Labute approximate surface area is 141 Å². The summed E-state index contributed by atoms with van der Waals surface area (Å²) in [5, 5.41) is 9.13. The van der Waals surface area contributed by atoms with Gasteiger partial charge >= 0.3 is 0 Å². The van der Waals surface area contributed by atoms with Gasteiger partial charge in [-0.25, -0.2) is 8.42 Å². The van der Waals surface area contributed by atoms with Crippen LogP contribution in [0.4, 0.5) is 0 Å². The fourth-order valence-corrected chi connectivity index (χ4v) is 3.55. The molecule has 0 bridgehead atoms. The number of nitrogens with zero attached hydrogens (tertiary/aromatic N) is 2. The Kier molecular flexibility index (Phi) is 5.44. The molecule has 2 aromatic carbocycles. The molecule has 2 aromatic rings. The average molecular weight is 346 g/mol. The summed E-state index contributed by atoms with van der Waals surface area (Å²) in [6, 6.07) is 13.2. The van der Waals surface area contributed by atoms with Crippen LogP contribution in [0.1, 0.15) is 11.1 Å². The maximum Gasteiger partial charge on any atom is 0.244 e. The number of hydrogen-bond acceptors (Lipinski definition) is 5. The largest absolute Gasteiger partial charge is 0.497 e. The van der Waals surface area contributed by atoms with Gasteiger partial charge in [-0.1, -0.05) is 18.2 Å². The molecule has 0 aliphatic carbocycles. The fourth-order valence-electron chi connectivity index (χ4n) is 2.26. The van der Waals surface area contributed by atoms with Crippen molar-refractivity contribution in [3.8, 4) is 17.6 Å². The van der Waals surface area contributed by atoms with Crippen molar-refractivity contribution in [1.82, 2.24) is 4.31 Å². The molecule has 6 nitrogen and oxygen atoms in total. The summed E-state index contributed by atoms with van der Waals surface area (Å²) in [4.78, 5) is -0.0116. The Hall–Kier alpha value is -2.56. The first-order chi connectivity index (χ1) is 11.4. The molecule has 0 aliphatic rings. The molecule has 24 heavy (non-hydrogen) atoms. The Morgan fingerprint density at radius 1 is 1.12 bits per heavy atom. The van der Waals surface area contributed by atoms with Crippen LogP contribution in [0.5, 0.6) is 11.5 Å². The van der Waals surface area contributed by atoms with Gasteiger partial charge in [0.2, 0.25) is 10.0 Å². The van der Waals surface area contributed by atoms with E-state index in [1.807, 2.05) is 6.07 Å². The monoisotopic (exact) mass is 346 g/mol. The standard InChI is InChI=1S/C17H18N2O4S/c1-19(12-14-8-9-15(22-2)10-16(14)23-3)24(20,21)17-7-5-4-6-13(17)11-18/h4-10H,12H2,1-3H3. The van der Waals surface area contributed by atoms with Crippen LogP contribution in [0.15, 0.2) is 47.4 Å². The molecular weight excluding hydrogens is 328 g/mol. The molecule has 0 spiro atoms. The zero-order valence-corrected chi connectivity index (χ0v) is 14.5. The zero-order valence-electron chi connectivity index (χ0n) is 13.7. The van der Waals surface area contributed by atoms with E-state index < -0.39 is 10.0 Å². The minimum Gasteiger partial charge on any atom is -0.497 e. The van der Waals surface area contributed by atoms with Crippen molar-refractivity contribution >= 4 is 10.0 Å². The Morgan fingerprint density at radius 2 is 1.83 bits per heavy atom. The Bertz CT molecular complexity index is 872. The molecule has 0 radical (unpaired) electrons. The van der Waals surface area contributed by atoms with Gasteiger partial charge in [0.25, 0.3) is 0 Å². The molecule has 0 amide bonds. The fraction of sp³-hybridized carbons (Fsp3) is 0.235. The average Bonchev–Trinajstić information content (AvgIpc) is 2.61. The number of sulfonamides is 1. The number of rotatable bonds is 6. The molecule has 0 atom stereocenters. The Balaban J connectivity index is 2.36. The van der Waals surface area contributed by atoms with Crippen LogP contribution in [0.3, 0.4) is 0 Å². The highest BCUT2D eigenvalue weighted by Crippen LogP contribution is 2.27. The Morgan fingerprint density at radius 3 is 2.46 bits per heavy atom. The van der Waals surface area contributed by atoms with Crippen molar-refractivity contribution < 1.29 is 17.9 Å². The molecule has 0 unspecified atom stereocenters. The second-order valence-corrected chi connectivity index (χ2v) is 7.06. The van der Waals surface area contributed by atoms with Gasteiger partial charge in [-0.15, -0.1) is 0 Å². The highest BCUT2D eigenvalue weighted by Gasteiger charge is 2.24. The lowest BCUT2D eigenvalue weighted by Crippen LogP contribution is -2.27. The molecule has 0 fully saturated rings. The van der Waals surface area contributed by atoms with Gasteiger partial charge in [-0.3, -0.25) is 0 Å². The van der Waals surface area contributed by atoms with E-state index in [0.29, 0.717) is 17.1 Å². The second-order valence-electron chi connectivity index (χ2n) is 5.05. The van der Waals surface area contributed by atoms with Gasteiger partial charge in [-0.05, 0) is 18.2 Å². The third-order valence-corrected chi connectivity index (χ3v) is 5.44. The van der Waals surface area contributed by atoms with Crippen LogP contribution in [-0.2, 0) is 16.6 Å². The lowest BCUT2D eigenvalue weighted by molar-refractivity contribution is 0.384. The molecule has 7 heteroatoms. The summed E-state index contributed by atoms with van der Waals surface area (Å²) in [6.07, 6.45) is 0. The molecule has 0 aromatic heterocycles. The number of benzene rings is 2. The molecule has 0 N–H and O–H groups in total. The second kappa shape index (κ2) is 7.34. The van der Waals surface area contributed by atoms with Crippen molar-refractivity contribution in [1.29, 1.82) is 5.26 Å². The van der Waals surface area contributed by atoms with Crippen LogP contribution in [0.25, 0.3) is 0 Å². The van der Waals surface area contributed by atoms with Crippen LogP contribution in [0, 0.1) is 11.3 Å². The van der Waals surface area contributed by atoms with Crippen molar-refractivity contribution in [3.63, 3.8) is 0 Å². The van der Waals surface area contributed by atoms with Gasteiger partial charge in [0.05, 0.1) is 24.7 Å². The molecular formula is C17H18N2O4S. The molecule has 0 saturated heterocycles. The van der Waals surface area contributed by atoms with Crippen molar-refractivity contribution in [2.24, 2.45) is 0 Å². The van der Waals surface area contributed by atoms with E-state index in [1.165, 1.54) is 30.6 Å². The van der Waals surface area contributed by atoms with Crippen LogP contribution >= 0.6 is 0 Å². The zero-order chi connectivity index (χ0) is 17.7. The lowest BCUT2D eigenvalue weighted by atomic mass is 10.2. The lowest BCUT2D eigenvalue weighted by Gasteiger charge is -2.19. The van der Waals surface area contributed by atoms with Gasteiger partial charge in [0.15, 0.2) is 0 Å². The van der Waals surface area contributed by atoms with E-state index in [2.05, 4.69) is 0 Å². The number of methoxy groups -OCH3 is 2. The normalized spacial score (nSPS) is 11.1. The summed E-state index contributed by atoms with van der Waals surface area (Å²) in [5.41, 5.74) is 0.810. The van der Waals surface area contributed by atoms with Gasteiger partial charge < -0.3 is 9.47 Å². The summed E-state index contributed by atoms with van der Waals surface area (Å²) in [6.45, 7) is 0.106. The molecule has 126 valence electrons. The minimum absolute atomic E-state index is 0.0116. The van der Waals surface area contributed by atoms with Crippen LogP contribution < -0.4 is 9.47 Å². The predicted octanol–water partition coefficient (Wildman–Crippen LogP) is 2.40. The van der Waals surface area contributed by atoms with Crippen LogP contribution in [-0.4, -0.2) is 34.0 Å². The maximum absolute atomic E-state index is 12.7. The minimum atomic E-state index is -3.80. The summed E-state index contributed by atoms with van der Waals surface area (Å²) < 4.78 is 37.1. The molecule has 0 heterocycles. The van der Waals surface area contributed by atoms with E-state index in [0.717, 1.165) is 0 Å². The third-order valence-electron chi connectivity index (χ3n) is 3.58. The highest BCUT2D eigenvalue weighted by molar-refractivity contribution is 7.89. The first-order valence-electron chi connectivity index (χ1n) is 7.10. The van der Waals surface area contributed by atoms with Gasteiger partial charge in [0.1, 0.15) is 17.6 Å². The number of nitriles is 1. The van der Waals surface area contributed by atoms with Gasteiger partial charge in [-0.2, -0.15) is 9.57 Å². The quantitative estimate of drug-likeness (QED) is 0.802. The van der Waals surface area contributed by atoms with Crippen LogP contribution in [0.2, 0.25) is 0 Å². The molecule has 0 aliphatic heterocycles. The first-order valence-corrected chi connectivity index (χ1v) is 8.54. The smallest absolute Gasteiger partial charge is 0.244 e. The van der Waals surface area contributed by atoms with Gasteiger partial charge in [0, 0.05) is 25.2 Å². The summed E-state index contributed by atoms with van der Waals surface area (Å²) >= 11 is 0. The van der Waals surface area contributed by atoms with E-state index >= 15 is 0 Å². The van der Waals surface area contributed by atoms with Crippen molar-refractivity contribution in [2.45, 2.75) is 11.4 Å². The van der Waals surface area contributed by atoms with Crippen molar-refractivity contribution in [3.05, 3.63) is 53.6 Å². The van der Waals surface area contributed by atoms with E-state index in [-0.39, 0.29) is 17.0 Å².